The van der Waals surface area contributed by atoms with Crippen LogP contribution < -0.4 is 0 Å². The first-order chi connectivity index (χ1) is 6.57. The predicted molar refractivity (Wildman–Crippen MR) is 50.9 cm³/mol. The van der Waals surface area contributed by atoms with E-state index >= 15 is 0 Å². The van der Waals surface area contributed by atoms with E-state index in [1.807, 2.05) is 6.42 Å². The van der Waals surface area contributed by atoms with Crippen LogP contribution in [0, 0.1) is 6.42 Å². The lowest BCUT2D eigenvalue weighted by atomic mass is 10.1. The molecule has 14 heavy (non-hydrogen) atoms. The molecule has 0 aliphatic carbocycles. The molecule has 0 saturated carbocycles. The third kappa shape index (κ3) is 1.90. The molecule has 0 amide bonds. The van der Waals surface area contributed by atoms with Gasteiger partial charge in [0.2, 0.25) is 0 Å². The maximum absolute atomic E-state index is 12.3. The number of alkyl halides is 3. The van der Waals surface area contributed by atoms with E-state index in [0.717, 1.165) is 17.4 Å². The van der Waals surface area contributed by atoms with Crippen molar-refractivity contribution in [3.05, 3.63) is 41.8 Å². The van der Waals surface area contributed by atoms with Gasteiger partial charge in [-0.3, -0.25) is 0 Å². The van der Waals surface area contributed by atoms with Gasteiger partial charge >= 0.3 is 6.18 Å². The summed E-state index contributed by atoms with van der Waals surface area (Å²) in [4.78, 5) is 0. The molecule has 1 aliphatic rings. The molecule has 0 aromatic heterocycles. The highest BCUT2D eigenvalue weighted by Gasteiger charge is 2.31. The van der Waals surface area contributed by atoms with Crippen molar-refractivity contribution in [2.45, 2.75) is 11.4 Å². The number of rotatable bonds is 1. The first-order valence-corrected chi connectivity index (χ1v) is 5.24. The molecule has 1 atom stereocenters. The quantitative estimate of drug-likeness (QED) is 0.691. The van der Waals surface area contributed by atoms with Crippen LogP contribution in [0.2, 0.25) is 0 Å². The molecule has 1 aliphatic heterocycles. The van der Waals surface area contributed by atoms with E-state index in [4.69, 9.17) is 0 Å². The van der Waals surface area contributed by atoms with E-state index in [-0.39, 0.29) is 5.25 Å². The minimum Gasteiger partial charge on any atom is -0.166 e. The molecule has 1 unspecified atom stereocenters. The van der Waals surface area contributed by atoms with Gasteiger partial charge in [0.25, 0.3) is 0 Å². The summed E-state index contributed by atoms with van der Waals surface area (Å²) in [6.07, 6.45) is -2.22. The Morgan fingerprint density at radius 2 is 2.00 bits per heavy atom. The third-order valence-electron chi connectivity index (χ3n) is 2.13. The van der Waals surface area contributed by atoms with Crippen LogP contribution in [-0.2, 0) is 6.18 Å². The zero-order valence-electron chi connectivity index (χ0n) is 7.21. The Morgan fingerprint density at radius 3 is 2.50 bits per heavy atom. The fraction of sp³-hybridized carbons (Fsp3) is 0.300. The zero-order chi connectivity index (χ0) is 10.2. The van der Waals surface area contributed by atoms with Gasteiger partial charge < -0.3 is 0 Å². The molecule has 4 heteroatoms. The number of hydrogen-bond donors (Lipinski definition) is 0. The third-order valence-corrected chi connectivity index (χ3v) is 3.34. The van der Waals surface area contributed by atoms with Crippen molar-refractivity contribution in [1.82, 2.24) is 0 Å². The lowest BCUT2D eigenvalue weighted by molar-refractivity contribution is -0.137. The van der Waals surface area contributed by atoms with Gasteiger partial charge in [-0.15, -0.1) is 0 Å². The summed E-state index contributed by atoms with van der Waals surface area (Å²) in [6, 6.07) is 5.54. The van der Waals surface area contributed by atoms with Crippen LogP contribution in [0.5, 0.6) is 0 Å². The highest BCUT2D eigenvalue weighted by atomic mass is 32.2. The Bertz CT molecular complexity index is 328. The van der Waals surface area contributed by atoms with Crippen molar-refractivity contribution >= 4 is 11.8 Å². The van der Waals surface area contributed by atoms with Crippen molar-refractivity contribution in [1.29, 1.82) is 0 Å². The Morgan fingerprint density at radius 1 is 1.29 bits per heavy atom. The summed E-state index contributed by atoms with van der Waals surface area (Å²) in [6.45, 7) is 0. The van der Waals surface area contributed by atoms with E-state index in [1.54, 1.807) is 17.8 Å². The molecule has 1 fully saturated rings. The van der Waals surface area contributed by atoms with Crippen LogP contribution in [0.4, 0.5) is 13.2 Å². The van der Waals surface area contributed by atoms with E-state index in [9.17, 15) is 13.2 Å². The van der Waals surface area contributed by atoms with Crippen LogP contribution in [0.3, 0.4) is 0 Å². The summed E-state index contributed by atoms with van der Waals surface area (Å²) >= 11 is 1.65. The molecule has 0 spiro atoms. The lowest BCUT2D eigenvalue weighted by Gasteiger charge is -2.25. The van der Waals surface area contributed by atoms with Crippen LogP contribution in [0.15, 0.2) is 24.3 Å². The van der Waals surface area contributed by atoms with Gasteiger partial charge in [0.05, 0.1) is 5.56 Å². The van der Waals surface area contributed by atoms with E-state index in [0.29, 0.717) is 0 Å². The van der Waals surface area contributed by atoms with E-state index < -0.39 is 11.7 Å². The normalized spacial score (nSPS) is 21.8. The van der Waals surface area contributed by atoms with Crippen LogP contribution in [0.1, 0.15) is 16.4 Å². The van der Waals surface area contributed by atoms with Crippen molar-refractivity contribution in [2.75, 3.05) is 5.75 Å². The molecule has 1 aromatic rings. The smallest absolute Gasteiger partial charge is 0.166 e. The molecule has 0 bridgehead atoms. The lowest BCUT2D eigenvalue weighted by Crippen LogP contribution is -2.10. The Kier molecular flexibility index (Phi) is 2.47. The standard InChI is InChI=1S/C10H8F3S/c11-10(12,13)8-3-1-2-7(6-8)9-4-5-14-9/h1-4,6,9H,5H2. The Hall–Kier alpha value is -0.640. The summed E-state index contributed by atoms with van der Waals surface area (Å²) in [5.74, 6) is 0.931. The van der Waals surface area contributed by atoms with Crippen LogP contribution in [-0.4, -0.2) is 5.75 Å². The van der Waals surface area contributed by atoms with Gasteiger partial charge in [-0.2, -0.15) is 24.9 Å². The van der Waals surface area contributed by atoms with Crippen molar-refractivity contribution < 1.29 is 13.2 Å². The molecule has 1 aromatic carbocycles. The largest absolute Gasteiger partial charge is 0.416 e. The molecule has 1 heterocycles. The van der Waals surface area contributed by atoms with Crippen molar-refractivity contribution in [3.63, 3.8) is 0 Å². The maximum Gasteiger partial charge on any atom is 0.416 e. The second kappa shape index (κ2) is 3.50. The minimum absolute atomic E-state index is 0.150. The Labute approximate surface area is 84.5 Å². The van der Waals surface area contributed by atoms with Gasteiger partial charge in [0, 0.05) is 5.25 Å². The number of benzene rings is 1. The maximum atomic E-state index is 12.3. The summed E-state index contributed by atoms with van der Waals surface area (Å²) in [7, 11) is 0. The summed E-state index contributed by atoms with van der Waals surface area (Å²) in [5.41, 5.74) is 0.187. The number of halogens is 3. The molecule has 1 radical (unpaired) electrons. The highest BCUT2D eigenvalue weighted by molar-refractivity contribution is 8.01. The molecule has 0 N–H and O–H groups in total. The Balaban J connectivity index is 2.26. The zero-order valence-corrected chi connectivity index (χ0v) is 8.03. The topological polar surface area (TPSA) is 0 Å². The minimum atomic E-state index is -4.23. The average Bonchev–Trinajstić information content (AvgIpc) is 2.00. The first kappa shape index (κ1) is 9.90. The van der Waals surface area contributed by atoms with Gasteiger partial charge in [0.15, 0.2) is 0 Å². The molecule has 1 saturated heterocycles. The first-order valence-electron chi connectivity index (χ1n) is 4.19. The van der Waals surface area contributed by atoms with Crippen LogP contribution in [0.25, 0.3) is 0 Å². The molecule has 0 nitrogen and oxygen atoms in total. The van der Waals surface area contributed by atoms with Gasteiger partial charge in [0.1, 0.15) is 0 Å². The number of hydrogen-bond acceptors (Lipinski definition) is 1. The van der Waals surface area contributed by atoms with Crippen molar-refractivity contribution in [2.24, 2.45) is 0 Å². The summed E-state index contributed by atoms with van der Waals surface area (Å²) < 4.78 is 37.0. The monoisotopic (exact) mass is 217 g/mol. The van der Waals surface area contributed by atoms with Gasteiger partial charge in [-0.1, -0.05) is 18.2 Å². The SMILES string of the molecule is FC(F)(F)c1cccc(C2[CH]CS2)c1. The fourth-order valence-corrected chi connectivity index (χ4v) is 2.04. The van der Waals surface area contributed by atoms with Gasteiger partial charge in [-0.25, -0.2) is 0 Å². The molecular weight excluding hydrogens is 209 g/mol. The van der Waals surface area contributed by atoms with Gasteiger partial charge in [-0.05, 0) is 23.8 Å². The molecular formula is C10H8F3S. The summed E-state index contributed by atoms with van der Waals surface area (Å²) in [5, 5.41) is 0.150. The second-order valence-electron chi connectivity index (χ2n) is 3.11. The highest BCUT2D eigenvalue weighted by Crippen LogP contribution is 2.42. The number of thioether (sulfide) groups is 1. The van der Waals surface area contributed by atoms with E-state index in [1.165, 1.54) is 12.1 Å². The fourth-order valence-electron chi connectivity index (χ4n) is 1.32. The predicted octanol–water partition coefficient (Wildman–Crippen LogP) is 3.70. The molecule has 75 valence electrons. The van der Waals surface area contributed by atoms with Crippen LogP contribution >= 0.6 is 11.8 Å². The van der Waals surface area contributed by atoms with Crippen molar-refractivity contribution in [3.8, 4) is 0 Å². The van der Waals surface area contributed by atoms with E-state index in [2.05, 4.69) is 0 Å². The molecule has 2 rings (SSSR count). The second-order valence-corrected chi connectivity index (χ2v) is 4.29. The average molecular weight is 217 g/mol.